The SMILES string of the molecule is COC1CCCN(c2ncccc2CN)C1. The predicted octanol–water partition coefficient (Wildman–Crippen LogP) is 1.16. The predicted molar refractivity (Wildman–Crippen MR) is 64.4 cm³/mol. The van der Waals surface area contributed by atoms with Crippen LogP contribution in [0.5, 0.6) is 0 Å². The molecule has 1 aliphatic heterocycles. The van der Waals surface area contributed by atoms with Gasteiger partial charge in [0, 0.05) is 38.5 Å². The van der Waals surface area contributed by atoms with Gasteiger partial charge in [0.2, 0.25) is 0 Å². The van der Waals surface area contributed by atoms with Crippen molar-refractivity contribution in [3.05, 3.63) is 23.9 Å². The molecule has 0 amide bonds. The summed E-state index contributed by atoms with van der Waals surface area (Å²) >= 11 is 0. The lowest BCUT2D eigenvalue weighted by molar-refractivity contribution is 0.0891. The standard InChI is InChI=1S/C12H19N3O/c1-16-11-5-3-7-15(9-11)12-10(8-13)4-2-6-14-12/h2,4,6,11H,3,5,7-9,13H2,1H3. The lowest BCUT2D eigenvalue weighted by Gasteiger charge is -2.33. The van der Waals surface area contributed by atoms with E-state index in [0.717, 1.165) is 37.3 Å². The first-order valence-electron chi connectivity index (χ1n) is 5.77. The second kappa shape index (κ2) is 5.27. The van der Waals surface area contributed by atoms with Crippen molar-refractivity contribution in [2.24, 2.45) is 5.73 Å². The topological polar surface area (TPSA) is 51.4 Å². The average Bonchev–Trinajstić information content (AvgIpc) is 2.38. The smallest absolute Gasteiger partial charge is 0.133 e. The second-order valence-corrected chi connectivity index (χ2v) is 4.14. The van der Waals surface area contributed by atoms with Crippen molar-refractivity contribution in [3.63, 3.8) is 0 Å². The third kappa shape index (κ3) is 2.33. The maximum absolute atomic E-state index is 5.73. The van der Waals surface area contributed by atoms with Crippen molar-refractivity contribution >= 4 is 5.82 Å². The lowest BCUT2D eigenvalue weighted by Crippen LogP contribution is -2.40. The number of rotatable bonds is 3. The Labute approximate surface area is 96.4 Å². The molecule has 2 N–H and O–H groups in total. The van der Waals surface area contributed by atoms with E-state index in [2.05, 4.69) is 9.88 Å². The fraction of sp³-hybridized carbons (Fsp3) is 0.583. The molecular formula is C12H19N3O. The van der Waals surface area contributed by atoms with Gasteiger partial charge in [-0.3, -0.25) is 0 Å². The summed E-state index contributed by atoms with van der Waals surface area (Å²) in [4.78, 5) is 6.71. The Balaban J connectivity index is 2.16. The number of piperidine rings is 1. The average molecular weight is 221 g/mol. The molecule has 4 heteroatoms. The van der Waals surface area contributed by atoms with Crippen LogP contribution in [0.3, 0.4) is 0 Å². The van der Waals surface area contributed by atoms with Crippen LogP contribution in [0.2, 0.25) is 0 Å². The first kappa shape index (κ1) is 11.4. The summed E-state index contributed by atoms with van der Waals surface area (Å²) in [6.45, 7) is 2.50. The summed E-state index contributed by atoms with van der Waals surface area (Å²) in [7, 11) is 1.77. The Bertz CT molecular complexity index is 343. The van der Waals surface area contributed by atoms with Crippen LogP contribution >= 0.6 is 0 Å². The second-order valence-electron chi connectivity index (χ2n) is 4.14. The highest BCUT2D eigenvalue weighted by atomic mass is 16.5. The molecule has 1 atom stereocenters. The first-order valence-corrected chi connectivity index (χ1v) is 5.77. The number of methoxy groups -OCH3 is 1. The first-order chi connectivity index (χ1) is 7.85. The fourth-order valence-corrected chi connectivity index (χ4v) is 2.20. The molecule has 4 nitrogen and oxygen atoms in total. The maximum Gasteiger partial charge on any atom is 0.133 e. The largest absolute Gasteiger partial charge is 0.380 e. The molecule has 1 fully saturated rings. The minimum Gasteiger partial charge on any atom is -0.380 e. The third-order valence-electron chi connectivity index (χ3n) is 3.10. The molecule has 1 aromatic rings. The molecule has 0 saturated carbocycles. The number of nitrogens with two attached hydrogens (primary N) is 1. The van der Waals surface area contributed by atoms with E-state index in [0.29, 0.717) is 12.6 Å². The monoisotopic (exact) mass is 221 g/mol. The van der Waals surface area contributed by atoms with Crippen molar-refractivity contribution < 1.29 is 4.74 Å². The van der Waals surface area contributed by atoms with Gasteiger partial charge in [-0.1, -0.05) is 6.07 Å². The van der Waals surface area contributed by atoms with E-state index in [9.17, 15) is 0 Å². The molecule has 0 bridgehead atoms. The van der Waals surface area contributed by atoms with Crippen LogP contribution in [-0.2, 0) is 11.3 Å². The number of aromatic nitrogens is 1. The normalized spacial score (nSPS) is 21.1. The zero-order valence-electron chi connectivity index (χ0n) is 9.72. The van der Waals surface area contributed by atoms with Crippen LogP contribution in [0.15, 0.2) is 18.3 Å². The minimum atomic E-state index is 0.321. The number of nitrogens with zero attached hydrogens (tertiary/aromatic N) is 2. The van der Waals surface area contributed by atoms with Crippen LogP contribution in [0.4, 0.5) is 5.82 Å². The van der Waals surface area contributed by atoms with E-state index >= 15 is 0 Å². The molecule has 1 aliphatic rings. The Morgan fingerprint density at radius 3 is 3.25 bits per heavy atom. The van der Waals surface area contributed by atoms with E-state index in [1.807, 2.05) is 18.3 Å². The van der Waals surface area contributed by atoms with Crippen molar-refractivity contribution in [2.75, 3.05) is 25.1 Å². The Hall–Kier alpha value is -1.13. The number of hydrogen-bond donors (Lipinski definition) is 1. The van der Waals surface area contributed by atoms with E-state index in [4.69, 9.17) is 10.5 Å². The summed E-state index contributed by atoms with van der Waals surface area (Å²) in [6, 6.07) is 3.97. The van der Waals surface area contributed by atoms with Gasteiger partial charge in [0.05, 0.1) is 6.10 Å². The molecule has 1 unspecified atom stereocenters. The van der Waals surface area contributed by atoms with Gasteiger partial charge < -0.3 is 15.4 Å². The van der Waals surface area contributed by atoms with Crippen LogP contribution in [0.1, 0.15) is 18.4 Å². The molecule has 1 aromatic heterocycles. The quantitative estimate of drug-likeness (QED) is 0.832. The van der Waals surface area contributed by atoms with Crippen LogP contribution < -0.4 is 10.6 Å². The molecule has 0 aromatic carbocycles. The lowest BCUT2D eigenvalue weighted by atomic mass is 10.1. The highest BCUT2D eigenvalue weighted by Gasteiger charge is 2.21. The highest BCUT2D eigenvalue weighted by Crippen LogP contribution is 2.22. The van der Waals surface area contributed by atoms with Gasteiger partial charge in [0.1, 0.15) is 5.82 Å². The maximum atomic E-state index is 5.73. The van der Waals surface area contributed by atoms with Gasteiger partial charge in [-0.2, -0.15) is 0 Å². The van der Waals surface area contributed by atoms with Crippen LogP contribution in [-0.4, -0.2) is 31.3 Å². The Kier molecular flexibility index (Phi) is 3.74. The van der Waals surface area contributed by atoms with Crippen molar-refractivity contribution in [1.29, 1.82) is 0 Å². The van der Waals surface area contributed by atoms with E-state index in [-0.39, 0.29) is 0 Å². The van der Waals surface area contributed by atoms with Gasteiger partial charge in [-0.25, -0.2) is 4.98 Å². The van der Waals surface area contributed by atoms with Crippen molar-refractivity contribution in [2.45, 2.75) is 25.5 Å². The van der Waals surface area contributed by atoms with Crippen LogP contribution in [0, 0.1) is 0 Å². The molecule has 1 saturated heterocycles. The molecular weight excluding hydrogens is 202 g/mol. The molecule has 88 valence electrons. The molecule has 0 aliphatic carbocycles. The molecule has 0 radical (unpaired) electrons. The van der Waals surface area contributed by atoms with E-state index in [1.165, 1.54) is 0 Å². The van der Waals surface area contributed by atoms with Gasteiger partial charge in [0.25, 0.3) is 0 Å². The third-order valence-corrected chi connectivity index (χ3v) is 3.10. The molecule has 16 heavy (non-hydrogen) atoms. The molecule has 2 rings (SSSR count). The van der Waals surface area contributed by atoms with Gasteiger partial charge in [0.15, 0.2) is 0 Å². The van der Waals surface area contributed by atoms with E-state index < -0.39 is 0 Å². The summed E-state index contributed by atoms with van der Waals surface area (Å²) < 4.78 is 5.42. The summed E-state index contributed by atoms with van der Waals surface area (Å²) in [6.07, 6.45) is 4.43. The van der Waals surface area contributed by atoms with Gasteiger partial charge in [-0.05, 0) is 18.9 Å². The summed E-state index contributed by atoms with van der Waals surface area (Å²) in [5.41, 5.74) is 6.84. The highest BCUT2D eigenvalue weighted by molar-refractivity contribution is 5.47. The minimum absolute atomic E-state index is 0.321. The zero-order valence-corrected chi connectivity index (χ0v) is 9.72. The van der Waals surface area contributed by atoms with Crippen molar-refractivity contribution in [1.82, 2.24) is 4.98 Å². The van der Waals surface area contributed by atoms with E-state index in [1.54, 1.807) is 7.11 Å². The Morgan fingerprint density at radius 1 is 1.62 bits per heavy atom. The number of pyridine rings is 1. The molecule has 0 spiro atoms. The number of hydrogen-bond acceptors (Lipinski definition) is 4. The molecule has 2 heterocycles. The summed E-state index contributed by atoms with van der Waals surface area (Å²) in [5.74, 6) is 1.02. The van der Waals surface area contributed by atoms with Crippen molar-refractivity contribution in [3.8, 4) is 0 Å². The van der Waals surface area contributed by atoms with Crippen LogP contribution in [0.25, 0.3) is 0 Å². The van der Waals surface area contributed by atoms with Gasteiger partial charge >= 0.3 is 0 Å². The Morgan fingerprint density at radius 2 is 2.50 bits per heavy atom. The van der Waals surface area contributed by atoms with Gasteiger partial charge in [-0.15, -0.1) is 0 Å². The summed E-state index contributed by atoms with van der Waals surface area (Å²) in [5, 5.41) is 0. The number of ether oxygens (including phenoxy) is 1. The zero-order chi connectivity index (χ0) is 11.4. The fourth-order valence-electron chi connectivity index (χ4n) is 2.20. The number of anilines is 1.